The summed E-state index contributed by atoms with van der Waals surface area (Å²) in [5.41, 5.74) is -0.181. The number of hydrogen-bond donors (Lipinski definition) is 0. The first-order valence-corrected chi connectivity index (χ1v) is 10.7. The van der Waals surface area contributed by atoms with Gasteiger partial charge in [-0.2, -0.15) is 17.2 Å². The van der Waals surface area contributed by atoms with Crippen LogP contribution in [0.4, 0.5) is 13.3 Å². The van der Waals surface area contributed by atoms with Crippen molar-refractivity contribution in [3.05, 3.63) is 71.8 Å². The minimum Gasteiger partial charge on any atom is -0.190 e. The summed E-state index contributed by atoms with van der Waals surface area (Å²) in [6.45, 7) is 0. The molecule has 0 aliphatic heterocycles. The summed E-state index contributed by atoms with van der Waals surface area (Å²) in [7, 11) is -5.65. The molecule has 7 heteroatoms. The van der Waals surface area contributed by atoms with Gasteiger partial charge in [0.1, 0.15) is 0 Å². The van der Waals surface area contributed by atoms with Gasteiger partial charge >= 0.3 is 15.4 Å². The molecule has 3 rings (SSSR count). The number of rotatable bonds is 7. The first-order valence-electron chi connectivity index (χ1n) is 9.30. The lowest BCUT2D eigenvalue weighted by atomic mass is 9.66. The molecule has 1 aliphatic carbocycles. The molecule has 2 aromatic rings. The Morgan fingerprint density at radius 1 is 0.929 bits per heavy atom. The van der Waals surface area contributed by atoms with Gasteiger partial charge in [-0.05, 0) is 60.1 Å². The molecule has 0 bridgehead atoms. The van der Waals surface area contributed by atoms with Crippen LogP contribution in [0.3, 0.4) is 0 Å². The van der Waals surface area contributed by atoms with E-state index in [4.69, 9.17) is 0 Å². The molecule has 0 spiro atoms. The average molecular weight is 412 g/mol. The van der Waals surface area contributed by atoms with Gasteiger partial charge in [0.15, 0.2) is 0 Å². The van der Waals surface area contributed by atoms with Gasteiger partial charge in [-0.25, -0.2) is 0 Å². The van der Waals surface area contributed by atoms with E-state index in [0.29, 0.717) is 18.4 Å². The first kappa shape index (κ1) is 20.9. The van der Waals surface area contributed by atoms with Crippen molar-refractivity contribution in [3.8, 4) is 0 Å². The second-order valence-corrected chi connectivity index (χ2v) is 9.16. The van der Waals surface area contributed by atoms with Gasteiger partial charge < -0.3 is 0 Å². The highest BCUT2D eigenvalue weighted by atomic mass is 32.2. The Morgan fingerprint density at radius 2 is 1.43 bits per heavy atom. The highest BCUT2D eigenvalue weighted by Gasteiger charge is 2.64. The van der Waals surface area contributed by atoms with Crippen molar-refractivity contribution >= 4 is 10.1 Å². The van der Waals surface area contributed by atoms with E-state index in [1.54, 1.807) is 30.3 Å². The molecule has 1 saturated carbocycles. The standard InChI is InChI=1S/C21H23F3O3S/c22-21(23,28(25,26)27-24)20(16-19-9-5-2-6-10-19)13-11-18(12-14-20)15-17-7-3-1-4-8-17/h1-10,18H,11-16H2. The molecule has 1 aliphatic rings. The van der Waals surface area contributed by atoms with Gasteiger partial charge in [0.25, 0.3) is 0 Å². The Bertz CT molecular complexity index is 862. The van der Waals surface area contributed by atoms with E-state index in [1.165, 1.54) is 0 Å². The molecule has 28 heavy (non-hydrogen) atoms. The van der Waals surface area contributed by atoms with Crippen molar-refractivity contribution in [2.75, 3.05) is 0 Å². The van der Waals surface area contributed by atoms with Crippen LogP contribution in [-0.2, 0) is 27.3 Å². The molecule has 0 aromatic heterocycles. The SMILES string of the molecule is O=S(=O)(OF)C(F)(F)C1(Cc2ccccc2)CCC(Cc2ccccc2)CC1. The Morgan fingerprint density at radius 3 is 1.93 bits per heavy atom. The molecule has 0 N–H and O–H groups in total. The first-order chi connectivity index (χ1) is 13.3. The highest BCUT2D eigenvalue weighted by molar-refractivity contribution is 7.87. The van der Waals surface area contributed by atoms with Crippen LogP contribution in [0.15, 0.2) is 60.7 Å². The molecule has 3 nitrogen and oxygen atoms in total. The fraction of sp³-hybridized carbons (Fsp3) is 0.429. The largest absolute Gasteiger partial charge is 0.378 e. The zero-order valence-corrected chi connectivity index (χ0v) is 16.2. The lowest BCUT2D eigenvalue weighted by Gasteiger charge is -2.43. The Balaban J connectivity index is 1.84. The summed E-state index contributed by atoms with van der Waals surface area (Å²) in [6.07, 6.45) is 1.45. The van der Waals surface area contributed by atoms with Gasteiger partial charge in [0.05, 0.1) is 5.41 Å². The van der Waals surface area contributed by atoms with Gasteiger partial charge in [-0.1, -0.05) is 65.1 Å². The quantitative estimate of drug-likeness (QED) is 0.605. The van der Waals surface area contributed by atoms with Crippen LogP contribution in [0.5, 0.6) is 0 Å². The minimum absolute atomic E-state index is 0.0189. The lowest BCUT2D eigenvalue weighted by molar-refractivity contribution is -0.104. The van der Waals surface area contributed by atoms with E-state index in [-0.39, 0.29) is 25.2 Å². The summed E-state index contributed by atoms with van der Waals surface area (Å²) < 4.78 is 68.8. The van der Waals surface area contributed by atoms with Crippen LogP contribution in [0.1, 0.15) is 36.8 Å². The maximum Gasteiger partial charge on any atom is 0.378 e. The number of alkyl halides is 2. The summed E-state index contributed by atoms with van der Waals surface area (Å²) in [5, 5.41) is -4.32. The lowest BCUT2D eigenvalue weighted by Crippen LogP contribution is -2.50. The third-order valence-electron chi connectivity index (χ3n) is 5.83. The molecule has 2 aromatic carbocycles. The van der Waals surface area contributed by atoms with Crippen LogP contribution in [0, 0.1) is 11.3 Å². The highest BCUT2D eigenvalue weighted by Crippen LogP contribution is 2.54. The molecular weight excluding hydrogens is 389 g/mol. The van der Waals surface area contributed by atoms with E-state index < -0.39 is 20.8 Å². The number of halogens is 3. The maximum absolute atomic E-state index is 15.0. The maximum atomic E-state index is 15.0. The van der Waals surface area contributed by atoms with E-state index in [1.807, 2.05) is 30.3 Å². The van der Waals surface area contributed by atoms with Crippen LogP contribution < -0.4 is 0 Å². The smallest absolute Gasteiger partial charge is 0.190 e. The van der Waals surface area contributed by atoms with E-state index in [2.05, 4.69) is 4.39 Å². The van der Waals surface area contributed by atoms with Crippen LogP contribution in [0.2, 0.25) is 0 Å². The van der Waals surface area contributed by atoms with Gasteiger partial charge in [-0.15, -0.1) is 0 Å². The zero-order chi connectivity index (χ0) is 20.3. The molecule has 0 heterocycles. The zero-order valence-electron chi connectivity index (χ0n) is 15.4. The van der Waals surface area contributed by atoms with Gasteiger partial charge in [0, 0.05) is 0 Å². The van der Waals surface area contributed by atoms with Crippen molar-refractivity contribution in [1.82, 2.24) is 0 Å². The second kappa shape index (κ2) is 8.25. The second-order valence-electron chi connectivity index (χ2n) is 7.61. The predicted octanol–water partition coefficient (Wildman–Crippen LogP) is 5.47. The van der Waals surface area contributed by atoms with Crippen molar-refractivity contribution in [2.24, 2.45) is 11.3 Å². The van der Waals surface area contributed by atoms with Gasteiger partial charge in [-0.3, -0.25) is 0 Å². The summed E-state index contributed by atoms with van der Waals surface area (Å²) >= 11 is 0. The van der Waals surface area contributed by atoms with Crippen LogP contribution in [-0.4, -0.2) is 13.7 Å². The molecule has 0 amide bonds. The third kappa shape index (κ3) is 4.10. The normalized spacial score (nSPS) is 23.5. The Hall–Kier alpha value is -1.86. The fourth-order valence-electron chi connectivity index (χ4n) is 4.24. The minimum atomic E-state index is -5.65. The summed E-state index contributed by atoms with van der Waals surface area (Å²) in [4.78, 5) is 0. The molecule has 0 radical (unpaired) electrons. The summed E-state index contributed by atoms with van der Waals surface area (Å²) in [6, 6.07) is 18.3. The van der Waals surface area contributed by atoms with Crippen molar-refractivity contribution in [1.29, 1.82) is 0 Å². The average Bonchev–Trinajstić information content (AvgIpc) is 2.71. The molecule has 0 atom stereocenters. The predicted molar refractivity (Wildman–Crippen MR) is 101 cm³/mol. The van der Waals surface area contributed by atoms with Gasteiger partial charge in [0.2, 0.25) is 0 Å². The Kier molecular flexibility index (Phi) is 6.15. The van der Waals surface area contributed by atoms with Crippen molar-refractivity contribution < 1.29 is 26.1 Å². The van der Waals surface area contributed by atoms with Crippen LogP contribution in [0.25, 0.3) is 0 Å². The van der Waals surface area contributed by atoms with Crippen molar-refractivity contribution in [3.63, 3.8) is 0 Å². The van der Waals surface area contributed by atoms with E-state index in [9.17, 15) is 12.9 Å². The molecule has 1 fully saturated rings. The topological polar surface area (TPSA) is 43.4 Å². The van der Waals surface area contributed by atoms with Crippen LogP contribution >= 0.6 is 0 Å². The third-order valence-corrected chi connectivity index (χ3v) is 7.06. The van der Waals surface area contributed by atoms with Crippen molar-refractivity contribution in [2.45, 2.75) is 43.8 Å². The number of hydrogen-bond acceptors (Lipinski definition) is 3. The number of benzene rings is 2. The van der Waals surface area contributed by atoms with E-state index in [0.717, 1.165) is 12.0 Å². The molecular formula is C21H23F3O3S. The molecule has 0 unspecified atom stereocenters. The molecule has 0 saturated heterocycles. The van der Waals surface area contributed by atoms with E-state index >= 15 is 8.78 Å². The monoisotopic (exact) mass is 412 g/mol. The Labute approximate surface area is 163 Å². The fourth-order valence-corrected chi connectivity index (χ4v) is 5.13. The molecule has 152 valence electrons. The summed E-state index contributed by atoms with van der Waals surface area (Å²) in [5.74, 6) is 0.177.